The fourth-order valence-corrected chi connectivity index (χ4v) is 3.43. The molecule has 3 N–H and O–H groups in total. The molecule has 0 aromatic heterocycles. The van der Waals surface area contributed by atoms with E-state index in [0.717, 1.165) is 18.9 Å². The quantitative estimate of drug-likeness (QED) is 0.825. The number of nitrogens with two attached hydrogens (primary N) is 1. The van der Waals surface area contributed by atoms with Crippen LogP contribution in [0.1, 0.15) is 30.1 Å². The van der Waals surface area contributed by atoms with E-state index < -0.39 is 36.7 Å². The van der Waals surface area contributed by atoms with Gasteiger partial charge in [0.25, 0.3) is 5.91 Å². The fraction of sp³-hybridized carbons (Fsp3) is 0.364. The first-order valence-electron chi connectivity index (χ1n) is 5.58. The van der Waals surface area contributed by atoms with Crippen LogP contribution in [0.15, 0.2) is 11.0 Å². The van der Waals surface area contributed by atoms with Crippen molar-refractivity contribution < 1.29 is 17.6 Å². The van der Waals surface area contributed by atoms with Crippen LogP contribution in [0.4, 0.5) is 4.39 Å². The number of hydrogen-bond acceptors (Lipinski definition) is 3. The Hall–Kier alpha value is -0.890. The van der Waals surface area contributed by atoms with Gasteiger partial charge in [-0.3, -0.25) is 4.79 Å². The molecule has 1 aliphatic rings. The van der Waals surface area contributed by atoms with Gasteiger partial charge in [-0.25, -0.2) is 17.9 Å². The monoisotopic (exact) mass is 340 g/mol. The third kappa shape index (κ3) is 2.90. The minimum atomic E-state index is -4.35. The van der Waals surface area contributed by atoms with Crippen molar-refractivity contribution >= 4 is 39.1 Å². The zero-order valence-corrected chi connectivity index (χ0v) is 12.7. The van der Waals surface area contributed by atoms with Crippen molar-refractivity contribution in [1.82, 2.24) is 5.32 Å². The summed E-state index contributed by atoms with van der Waals surface area (Å²) in [4.78, 5) is 11.2. The minimum Gasteiger partial charge on any atom is -0.347 e. The van der Waals surface area contributed by atoms with Gasteiger partial charge in [0.05, 0.1) is 15.6 Å². The molecule has 20 heavy (non-hydrogen) atoms. The van der Waals surface area contributed by atoms with Gasteiger partial charge in [0.15, 0.2) is 0 Å². The summed E-state index contributed by atoms with van der Waals surface area (Å²) < 4.78 is 36.5. The summed E-state index contributed by atoms with van der Waals surface area (Å²) in [6.45, 7) is 1.81. The number of halogens is 3. The van der Waals surface area contributed by atoms with E-state index in [1.54, 1.807) is 0 Å². The number of hydrogen-bond donors (Lipinski definition) is 2. The van der Waals surface area contributed by atoms with Crippen molar-refractivity contribution in [2.75, 3.05) is 0 Å². The van der Waals surface area contributed by atoms with E-state index in [9.17, 15) is 17.6 Å². The highest BCUT2D eigenvalue weighted by Gasteiger charge is 2.39. The summed E-state index contributed by atoms with van der Waals surface area (Å²) in [5.74, 6) is -1.75. The Morgan fingerprint density at radius 3 is 2.40 bits per heavy atom. The first-order valence-corrected chi connectivity index (χ1v) is 7.88. The molecule has 1 aliphatic carbocycles. The lowest BCUT2D eigenvalue weighted by Gasteiger charge is -2.14. The zero-order chi connectivity index (χ0) is 15.3. The molecule has 5 nitrogen and oxygen atoms in total. The first-order chi connectivity index (χ1) is 9.05. The smallest absolute Gasteiger partial charge is 0.253 e. The number of nitrogens with one attached hydrogen (secondary N) is 1. The van der Waals surface area contributed by atoms with E-state index in [0.29, 0.717) is 0 Å². The number of sulfonamides is 1. The second-order valence-corrected chi connectivity index (χ2v) is 7.18. The van der Waals surface area contributed by atoms with Crippen LogP contribution >= 0.6 is 23.2 Å². The minimum absolute atomic E-state index is 0.314. The van der Waals surface area contributed by atoms with Crippen molar-refractivity contribution in [2.24, 2.45) is 5.14 Å². The molecule has 0 spiro atoms. The third-order valence-electron chi connectivity index (χ3n) is 3.06. The molecule has 1 saturated carbocycles. The maximum Gasteiger partial charge on any atom is 0.253 e. The molecule has 1 aromatic carbocycles. The molecule has 2 rings (SSSR count). The molecule has 1 aromatic rings. The van der Waals surface area contributed by atoms with E-state index in [1.165, 1.54) is 0 Å². The highest BCUT2D eigenvalue weighted by atomic mass is 35.5. The summed E-state index contributed by atoms with van der Waals surface area (Å²) in [5.41, 5.74) is -0.677. The fourth-order valence-electron chi connectivity index (χ4n) is 1.65. The van der Waals surface area contributed by atoms with Crippen molar-refractivity contribution in [3.8, 4) is 0 Å². The SMILES string of the molecule is CC1(NC(=O)c2cc(F)c(Cl)c(S(N)(=O)=O)c2Cl)CC1. The second kappa shape index (κ2) is 4.84. The number of primary sulfonamides is 1. The van der Waals surface area contributed by atoms with Crippen LogP contribution in [-0.4, -0.2) is 19.9 Å². The Morgan fingerprint density at radius 2 is 1.95 bits per heavy atom. The summed E-state index contributed by atoms with van der Waals surface area (Å²) in [7, 11) is -4.35. The van der Waals surface area contributed by atoms with Crippen LogP contribution in [0.3, 0.4) is 0 Å². The van der Waals surface area contributed by atoms with Crippen LogP contribution in [0.5, 0.6) is 0 Å². The molecular formula is C11H11Cl2FN2O3S. The highest BCUT2D eigenvalue weighted by Crippen LogP contribution is 2.37. The molecule has 0 radical (unpaired) electrons. The molecule has 0 saturated heterocycles. The predicted octanol–water partition coefficient (Wildman–Crippen LogP) is 2.06. The van der Waals surface area contributed by atoms with Gasteiger partial charge in [-0.2, -0.15) is 0 Å². The van der Waals surface area contributed by atoms with Crippen molar-refractivity contribution in [3.63, 3.8) is 0 Å². The average Bonchev–Trinajstić information content (AvgIpc) is 2.99. The largest absolute Gasteiger partial charge is 0.347 e. The molecule has 0 unspecified atom stereocenters. The second-order valence-electron chi connectivity index (χ2n) is 4.92. The van der Waals surface area contributed by atoms with Crippen LogP contribution < -0.4 is 10.5 Å². The normalized spacial score (nSPS) is 16.9. The predicted molar refractivity (Wildman–Crippen MR) is 72.9 cm³/mol. The van der Waals surface area contributed by atoms with Gasteiger partial charge >= 0.3 is 0 Å². The van der Waals surface area contributed by atoms with Gasteiger partial charge in [0, 0.05) is 5.54 Å². The number of benzene rings is 1. The lowest BCUT2D eigenvalue weighted by Crippen LogP contribution is -2.34. The number of rotatable bonds is 3. The van der Waals surface area contributed by atoms with Crippen molar-refractivity contribution in [1.29, 1.82) is 0 Å². The van der Waals surface area contributed by atoms with E-state index >= 15 is 0 Å². The molecule has 110 valence electrons. The molecule has 0 heterocycles. The average molecular weight is 341 g/mol. The maximum atomic E-state index is 13.7. The lowest BCUT2D eigenvalue weighted by atomic mass is 10.2. The number of carbonyl (C=O) groups is 1. The summed E-state index contributed by atoms with van der Waals surface area (Å²) >= 11 is 11.4. The van der Waals surface area contributed by atoms with Crippen LogP contribution in [0.2, 0.25) is 10.0 Å². The molecule has 0 atom stereocenters. The molecule has 1 fully saturated rings. The topological polar surface area (TPSA) is 89.3 Å². The molecule has 9 heteroatoms. The molecule has 0 aliphatic heterocycles. The van der Waals surface area contributed by atoms with E-state index in [2.05, 4.69) is 5.32 Å². The number of carbonyl (C=O) groups excluding carboxylic acids is 1. The summed E-state index contributed by atoms with van der Waals surface area (Å²) in [5, 5.41) is 6.37. The summed E-state index contributed by atoms with van der Waals surface area (Å²) in [6.07, 6.45) is 1.57. The van der Waals surface area contributed by atoms with E-state index in [1.807, 2.05) is 6.92 Å². The Bertz CT molecular complexity index is 702. The standard InChI is InChI=1S/C11H11Cl2FN2O3S/c1-11(2-3-11)16-10(17)5-4-6(14)8(13)9(7(5)12)20(15,18)19/h4H,2-3H2,1H3,(H,16,17)(H2,15,18,19). The highest BCUT2D eigenvalue weighted by molar-refractivity contribution is 7.89. The van der Waals surface area contributed by atoms with Gasteiger partial charge < -0.3 is 5.32 Å². The lowest BCUT2D eigenvalue weighted by molar-refractivity contribution is 0.0935. The van der Waals surface area contributed by atoms with Crippen molar-refractivity contribution in [3.05, 3.63) is 27.5 Å². The zero-order valence-electron chi connectivity index (χ0n) is 10.3. The van der Waals surface area contributed by atoms with Gasteiger partial charge in [0.2, 0.25) is 10.0 Å². The Balaban J connectivity index is 2.55. The van der Waals surface area contributed by atoms with E-state index in [-0.39, 0.29) is 11.1 Å². The molecule has 1 amide bonds. The first kappa shape index (κ1) is 15.5. The van der Waals surface area contributed by atoms with Gasteiger partial charge in [-0.1, -0.05) is 23.2 Å². The van der Waals surface area contributed by atoms with Gasteiger partial charge in [0.1, 0.15) is 10.7 Å². The maximum absolute atomic E-state index is 13.7. The van der Waals surface area contributed by atoms with Crippen LogP contribution in [0.25, 0.3) is 0 Å². The van der Waals surface area contributed by atoms with Gasteiger partial charge in [-0.05, 0) is 25.8 Å². The molecular weight excluding hydrogens is 330 g/mol. The van der Waals surface area contributed by atoms with Gasteiger partial charge in [-0.15, -0.1) is 0 Å². The Kier molecular flexibility index (Phi) is 3.75. The molecule has 0 bridgehead atoms. The Morgan fingerprint density at radius 1 is 1.40 bits per heavy atom. The van der Waals surface area contributed by atoms with Crippen molar-refractivity contribution in [2.45, 2.75) is 30.2 Å². The van der Waals surface area contributed by atoms with E-state index in [4.69, 9.17) is 28.3 Å². The number of amides is 1. The Labute approximate surface area is 125 Å². The third-order valence-corrected chi connectivity index (χ3v) is 5.02. The van der Waals surface area contributed by atoms with Crippen LogP contribution in [0, 0.1) is 5.82 Å². The summed E-state index contributed by atoms with van der Waals surface area (Å²) in [6, 6.07) is 0.792. The van der Waals surface area contributed by atoms with Crippen LogP contribution in [-0.2, 0) is 10.0 Å².